The molecule has 0 rings (SSSR count). The molecule has 0 spiro atoms. The van der Waals surface area contributed by atoms with Gasteiger partial charge in [-0.2, -0.15) is 0 Å². The second-order valence-electron chi connectivity index (χ2n) is 2.13. The van der Waals surface area contributed by atoms with Crippen molar-refractivity contribution in [3.63, 3.8) is 0 Å². The standard InChI is InChI=1S/C7H10Br2O2/c1-5(2)7(10)11-4-6(9)3-8/h6H,1,3-4H2,2H3. The van der Waals surface area contributed by atoms with E-state index in [-0.39, 0.29) is 10.8 Å². The molecule has 4 heteroatoms. The molecular formula is C7H10Br2O2. The second-order valence-corrected chi connectivity index (χ2v) is 4.07. The summed E-state index contributed by atoms with van der Waals surface area (Å²) in [6.45, 7) is 5.45. The first-order valence-corrected chi connectivity index (χ1v) is 5.14. The lowest BCUT2D eigenvalue weighted by Crippen LogP contribution is -2.14. The normalized spacial score (nSPS) is 12.3. The van der Waals surface area contributed by atoms with Crippen molar-refractivity contribution in [3.8, 4) is 0 Å². The van der Waals surface area contributed by atoms with Gasteiger partial charge in [-0.1, -0.05) is 38.4 Å². The van der Waals surface area contributed by atoms with E-state index in [0.717, 1.165) is 5.33 Å². The van der Waals surface area contributed by atoms with Gasteiger partial charge in [0.2, 0.25) is 0 Å². The van der Waals surface area contributed by atoms with Crippen LogP contribution in [0.3, 0.4) is 0 Å². The van der Waals surface area contributed by atoms with Crippen LogP contribution in [0, 0.1) is 0 Å². The molecule has 0 aliphatic heterocycles. The Balaban J connectivity index is 3.54. The highest BCUT2D eigenvalue weighted by atomic mass is 79.9. The van der Waals surface area contributed by atoms with E-state index in [1.165, 1.54) is 0 Å². The average molecular weight is 286 g/mol. The largest absolute Gasteiger partial charge is 0.461 e. The first-order valence-electron chi connectivity index (χ1n) is 3.10. The van der Waals surface area contributed by atoms with Gasteiger partial charge in [0.15, 0.2) is 0 Å². The van der Waals surface area contributed by atoms with Gasteiger partial charge in [0.25, 0.3) is 0 Å². The van der Waals surface area contributed by atoms with E-state index in [2.05, 4.69) is 38.4 Å². The number of rotatable bonds is 4. The summed E-state index contributed by atoms with van der Waals surface area (Å²) in [5.41, 5.74) is 0.430. The van der Waals surface area contributed by atoms with Gasteiger partial charge in [-0.25, -0.2) is 4.79 Å². The Morgan fingerprint density at radius 2 is 2.27 bits per heavy atom. The van der Waals surface area contributed by atoms with Crippen LogP contribution in [0.1, 0.15) is 6.92 Å². The molecule has 11 heavy (non-hydrogen) atoms. The van der Waals surface area contributed by atoms with E-state index < -0.39 is 0 Å². The Labute approximate surface area is 83.2 Å². The van der Waals surface area contributed by atoms with E-state index in [1.54, 1.807) is 6.92 Å². The number of ether oxygens (including phenoxy) is 1. The molecule has 0 aliphatic carbocycles. The zero-order chi connectivity index (χ0) is 8.85. The number of hydrogen-bond donors (Lipinski definition) is 0. The zero-order valence-electron chi connectivity index (χ0n) is 6.27. The maximum Gasteiger partial charge on any atom is 0.333 e. The van der Waals surface area contributed by atoms with Crippen molar-refractivity contribution in [1.29, 1.82) is 0 Å². The molecule has 0 fully saturated rings. The highest BCUT2D eigenvalue weighted by Crippen LogP contribution is 2.04. The van der Waals surface area contributed by atoms with Crippen LogP contribution in [-0.4, -0.2) is 22.7 Å². The van der Waals surface area contributed by atoms with Crippen LogP contribution < -0.4 is 0 Å². The summed E-state index contributed by atoms with van der Waals surface area (Å²) in [5.74, 6) is -0.338. The van der Waals surface area contributed by atoms with E-state index >= 15 is 0 Å². The summed E-state index contributed by atoms with van der Waals surface area (Å²) in [5, 5.41) is 0.760. The Morgan fingerprint density at radius 1 is 1.73 bits per heavy atom. The predicted octanol–water partition coefficient (Wildman–Crippen LogP) is 2.26. The number of halogens is 2. The fourth-order valence-electron chi connectivity index (χ4n) is 0.334. The van der Waals surface area contributed by atoms with Gasteiger partial charge in [-0.05, 0) is 6.92 Å². The third-order valence-corrected chi connectivity index (χ3v) is 3.15. The van der Waals surface area contributed by atoms with Crippen molar-refractivity contribution in [2.45, 2.75) is 11.8 Å². The first-order chi connectivity index (χ1) is 5.07. The molecule has 0 saturated carbocycles. The Kier molecular flexibility index (Phi) is 5.86. The molecule has 0 N–H and O–H groups in total. The molecule has 0 aromatic rings. The lowest BCUT2D eigenvalue weighted by Gasteiger charge is -2.06. The van der Waals surface area contributed by atoms with E-state index in [9.17, 15) is 4.79 Å². The fourth-order valence-corrected chi connectivity index (χ4v) is 0.653. The minimum atomic E-state index is -0.338. The number of alkyl halides is 2. The molecule has 0 amide bonds. The third kappa shape index (κ3) is 5.44. The molecule has 0 aromatic carbocycles. The fraction of sp³-hybridized carbons (Fsp3) is 0.571. The highest BCUT2D eigenvalue weighted by molar-refractivity contribution is 9.12. The van der Waals surface area contributed by atoms with Gasteiger partial charge in [0.1, 0.15) is 6.61 Å². The van der Waals surface area contributed by atoms with Crippen LogP contribution >= 0.6 is 31.9 Å². The van der Waals surface area contributed by atoms with Crippen molar-refractivity contribution in [1.82, 2.24) is 0 Å². The summed E-state index contributed by atoms with van der Waals surface area (Å²) in [7, 11) is 0. The van der Waals surface area contributed by atoms with Crippen molar-refractivity contribution in [2.24, 2.45) is 0 Å². The molecule has 2 nitrogen and oxygen atoms in total. The Morgan fingerprint density at radius 3 is 2.64 bits per heavy atom. The third-order valence-electron chi connectivity index (χ3n) is 0.911. The summed E-state index contributed by atoms with van der Waals surface area (Å²) in [6.07, 6.45) is 0. The van der Waals surface area contributed by atoms with E-state index in [4.69, 9.17) is 4.74 Å². The molecule has 0 bridgehead atoms. The smallest absolute Gasteiger partial charge is 0.333 e. The number of carbonyl (C=O) groups is 1. The molecule has 0 heterocycles. The molecule has 0 aromatic heterocycles. The maximum absolute atomic E-state index is 10.8. The van der Waals surface area contributed by atoms with E-state index in [1.807, 2.05) is 0 Å². The molecule has 64 valence electrons. The molecule has 1 unspecified atom stereocenters. The summed E-state index contributed by atoms with van der Waals surface area (Å²) in [6, 6.07) is 0. The highest BCUT2D eigenvalue weighted by Gasteiger charge is 2.06. The zero-order valence-corrected chi connectivity index (χ0v) is 9.44. The molecule has 0 radical (unpaired) electrons. The van der Waals surface area contributed by atoms with Gasteiger partial charge in [-0.3, -0.25) is 0 Å². The van der Waals surface area contributed by atoms with E-state index in [0.29, 0.717) is 12.2 Å². The van der Waals surface area contributed by atoms with Crippen LogP contribution in [0.15, 0.2) is 12.2 Å². The average Bonchev–Trinajstić information content (AvgIpc) is 1.99. The monoisotopic (exact) mass is 284 g/mol. The lowest BCUT2D eigenvalue weighted by atomic mass is 10.4. The Hall–Kier alpha value is 0.170. The van der Waals surface area contributed by atoms with Crippen molar-refractivity contribution in [2.75, 3.05) is 11.9 Å². The summed E-state index contributed by atoms with van der Waals surface area (Å²) in [4.78, 5) is 11.0. The number of esters is 1. The van der Waals surface area contributed by atoms with Crippen molar-refractivity contribution in [3.05, 3.63) is 12.2 Å². The van der Waals surface area contributed by atoms with Crippen LogP contribution in [-0.2, 0) is 9.53 Å². The van der Waals surface area contributed by atoms with Crippen LogP contribution in [0.2, 0.25) is 0 Å². The first kappa shape index (κ1) is 11.2. The van der Waals surface area contributed by atoms with Gasteiger partial charge in [-0.15, -0.1) is 0 Å². The second kappa shape index (κ2) is 5.77. The quantitative estimate of drug-likeness (QED) is 0.450. The Bertz CT molecular complexity index is 157. The van der Waals surface area contributed by atoms with Gasteiger partial charge < -0.3 is 4.74 Å². The summed E-state index contributed by atoms with van der Waals surface area (Å²) >= 11 is 6.54. The van der Waals surface area contributed by atoms with Crippen LogP contribution in [0.5, 0.6) is 0 Å². The maximum atomic E-state index is 10.8. The number of carbonyl (C=O) groups excluding carboxylic acids is 1. The van der Waals surface area contributed by atoms with Crippen LogP contribution in [0.4, 0.5) is 0 Å². The minimum Gasteiger partial charge on any atom is -0.461 e. The molecular weight excluding hydrogens is 276 g/mol. The van der Waals surface area contributed by atoms with Crippen molar-refractivity contribution >= 4 is 37.8 Å². The van der Waals surface area contributed by atoms with Gasteiger partial charge in [0, 0.05) is 10.9 Å². The molecule has 0 aliphatic rings. The molecule has 0 saturated heterocycles. The molecule has 1 atom stereocenters. The lowest BCUT2D eigenvalue weighted by molar-refractivity contribution is -0.138. The minimum absolute atomic E-state index is 0.172. The van der Waals surface area contributed by atoms with Crippen LogP contribution in [0.25, 0.3) is 0 Å². The number of hydrogen-bond acceptors (Lipinski definition) is 2. The topological polar surface area (TPSA) is 26.3 Å². The van der Waals surface area contributed by atoms with Gasteiger partial charge >= 0.3 is 5.97 Å². The SMILES string of the molecule is C=C(C)C(=O)OCC(Br)CBr. The predicted molar refractivity (Wildman–Crippen MR) is 52.3 cm³/mol. The summed E-state index contributed by atoms with van der Waals surface area (Å²) < 4.78 is 4.84. The van der Waals surface area contributed by atoms with Gasteiger partial charge in [0.05, 0.1) is 4.83 Å². The van der Waals surface area contributed by atoms with Crippen molar-refractivity contribution < 1.29 is 9.53 Å².